The Morgan fingerprint density at radius 3 is 2.16 bits per heavy atom. The van der Waals surface area contributed by atoms with Gasteiger partial charge in [0.05, 0.1) is 14.2 Å². The van der Waals surface area contributed by atoms with Crippen molar-refractivity contribution in [2.75, 3.05) is 34.4 Å². The molecule has 0 fully saturated rings. The first-order valence-corrected chi connectivity index (χ1v) is 6.79. The molecule has 0 radical (unpaired) electrons. The lowest BCUT2D eigenvalue weighted by atomic mass is 10.0. The first kappa shape index (κ1) is 15.8. The Morgan fingerprint density at radius 1 is 1.16 bits per heavy atom. The number of methoxy groups -OCH3 is 2. The average Bonchev–Trinajstić information content (AvgIpc) is 2.45. The van der Waals surface area contributed by atoms with Crippen LogP contribution in [0.25, 0.3) is 0 Å². The Bertz CT molecular complexity index is 360. The highest BCUT2D eigenvalue weighted by Crippen LogP contribution is 2.28. The first-order chi connectivity index (χ1) is 9.15. The normalized spacial score (nSPS) is 12.5. The van der Waals surface area contributed by atoms with E-state index in [9.17, 15) is 0 Å². The molecular weight excluding hydrogens is 240 g/mol. The summed E-state index contributed by atoms with van der Waals surface area (Å²) >= 11 is 0. The smallest absolute Gasteiger partial charge is 0.122 e. The van der Waals surface area contributed by atoms with E-state index in [2.05, 4.69) is 18.9 Å². The summed E-state index contributed by atoms with van der Waals surface area (Å²) in [4.78, 5) is 2.29. The van der Waals surface area contributed by atoms with Gasteiger partial charge in [-0.2, -0.15) is 0 Å². The monoisotopic (exact) mass is 266 g/mol. The number of unbranched alkanes of at least 4 members (excludes halogenated alkanes) is 1. The molecule has 0 aliphatic carbocycles. The highest BCUT2D eigenvalue weighted by atomic mass is 16.5. The van der Waals surface area contributed by atoms with Crippen molar-refractivity contribution in [1.82, 2.24) is 4.90 Å². The molecule has 0 aliphatic rings. The summed E-state index contributed by atoms with van der Waals surface area (Å²) in [6.45, 7) is 3.81. The maximum Gasteiger partial charge on any atom is 0.122 e. The van der Waals surface area contributed by atoms with Crippen LogP contribution >= 0.6 is 0 Å². The molecule has 1 rings (SSSR count). The number of ether oxygens (including phenoxy) is 2. The highest BCUT2D eigenvalue weighted by Gasteiger charge is 2.17. The summed E-state index contributed by atoms with van der Waals surface area (Å²) in [7, 11) is 5.44. The van der Waals surface area contributed by atoms with Gasteiger partial charge in [0, 0.05) is 18.7 Å². The SMILES string of the molecule is CCCCN(C)C(CN)c1cc(OC)cc(OC)c1. The zero-order valence-corrected chi connectivity index (χ0v) is 12.5. The Morgan fingerprint density at radius 2 is 1.74 bits per heavy atom. The van der Waals surface area contributed by atoms with Crippen LogP contribution in [0.15, 0.2) is 18.2 Å². The minimum absolute atomic E-state index is 0.190. The van der Waals surface area contributed by atoms with Crippen molar-refractivity contribution in [3.63, 3.8) is 0 Å². The van der Waals surface area contributed by atoms with Gasteiger partial charge in [-0.15, -0.1) is 0 Å². The zero-order chi connectivity index (χ0) is 14.3. The van der Waals surface area contributed by atoms with E-state index >= 15 is 0 Å². The predicted octanol–water partition coefficient (Wildman–Crippen LogP) is 2.44. The van der Waals surface area contributed by atoms with E-state index in [0.717, 1.165) is 23.6 Å². The van der Waals surface area contributed by atoms with E-state index in [1.165, 1.54) is 12.8 Å². The molecule has 0 aliphatic heterocycles. The van der Waals surface area contributed by atoms with E-state index in [1.807, 2.05) is 18.2 Å². The maximum atomic E-state index is 5.94. The van der Waals surface area contributed by atoms with Crippen LogP contribution in [0.5, 0.6) is 11.5 Å². The number of nitrogens with two attached hydrogens (primary N) is 1. The fourth-order valence-electron chi connectivity index (χ4n) is 2.16. The quantitative estimate of drug-likeness (QED) is 0.785. The summed E-state index contributed by atoms with van der Waals surface area (Å²) in [5.41, 5.74) is 7.07. The lowest BCUT2D eigenvalue weighted by molar-refractivity contribution is 0.245. The summed E-state index contributed by atoms with van der Waals surface area (Å²) in [5, 5.41) is 0. The molecule has 108 valence electrons. The third-order valence-corrected chi connectivity index (χ3v) is 3.38. The molecule has 0 heterocycles. The zero-order valence-electron chi connectivity index (χ0n) is 12.5. The van der Waals surface area contributed by atoms with Crippen molar-refractivity contribution in [3.8, 4) is 11.5 Å². The molecule has 1 aromatic rings. The van der Waals surface area contributed by atoms with E-state index < -0.39 is 0 Å². The van der Waals surface area contributed by atoms with Crippen LogP contribution in [0, 0.1) is 0 Å². The molecule has 0 aromatic heterocycles. The van der Waals surface area contributed by atoms with Crippen molar-refractivity contribution in [3.05, 3.63) is 23.8 Å². The molecule has 4 nitrogen and oxygen atoms in total. The van der Waals surface area contributed by atoms with Gasteiger partial charge in [-0.3, -0.25) is 4.90 Å². The van der Waals surface area contributed by atoms with Crippen LogP contribution in [-0.2, 0) is 0 Å². The molecule has 0 bridgehead atoms. The molecular formula is C15H26N2O2. The standard InChI is InChI=1S/C15H26N2O2/c1-5-6-7-17(2)15(11-16)12-8-13(18-3)10-14(9-12)19-4/h8-10,15H,5-7,11,16H2,1-4H3. The van der Waals surface area contributed by atoms with Crippen LogP contribution in [0.3, 0.4) is 0 Å². The lowest BCUT2D eigenvalue weighted by Crippen LogP contribution is -2.31. The van der Waals surface area contributed by atoms with E-state index in [-0.39, 0.29) is 6.04 Å². The van der Waals surface area contributed by atoms with Crippen molar-refractivity contribution >= 4 is 0 Å². The Kier molecular flexibility index (Phi) is 6.67. The number of hydrogen-bond donors (Lipinski definition) is 1. The lowest BCUT2D eigenvalue weighted by Gasteiger charge is -2.27. The van der Waals surface area contributed by atoms with Crippen molar-refractivity contribution in [1.29, 1.82) is 0 Å². The summed E-state index contributed by atoms with van der Waals surface area (Å²) in [5.74, 6) is 1.60. The van der Waals surface area contributed by atoms with E-state index in [1.54, 1.807) is 14.2 Å². The number of rotatable bonds is 8. The second kappa shape index (κ2) is 8.02. The molecule has 19 heavy (non-hydrogen) atoms. The van der Waals surface area contributed by atoms with Gasteiger partial charge in [0.25, 0.3) is 0 Å². The fraction of sp³-hybridized carbons (Fsp3) is 0.600. The molecule has 0 saturated heterocycles. The third-order valence-electron chi connectivity index (χ3n) is 3.38. The molecule has 0 amide bonds. The Labute approximate surface area is 116 Å². The van der Waals surface area contributed by atoms with Gasteiger partial charge >= 0.3 is 0 Å². The third kappa shape index (κ3) is 4.40. The second-order valence-electron chi connectivity index (χ2n) is 4.73. The van der Waals surface area contributed by atoms with Crippen LogP contribution in [0.2, 0.25) is 0 Å². The van der Waals surface area contributed by atoms with Gasteiger partial charge in [0.2, 0.25) is 0 Å². The van der Waals surface area contributed by atoms with Gasteiger partial charge < -0.3 is 15.2 Å². The molecule has 2 N–H and O–H groups in total. The van der Waals surface area contributed by atoms with Crippen LogP contribution in [0.4, 0.5) is 0 Å². The molecule has 1 atom stereocenters. The molecule has 1 aromatic carbocycles. The van der Waals surface area contributed by atoms with Gasteiger partial charge in [-0.05, 0) is 37.7 Å². The van der Waals surface area contributed by atoms with Crippen molar-refractivity contribution < 1.29 is 9.47 Å². The van der Waals surface area contributed by atoms with Crippen molar-refractivity contribution in [2.45, 2.75) is 25.8 Å². The predicted molar refractivity (Wildman–Crippen MR) is 78.9 cm³/mol. The fourth-order valence-corrected chi connectivity index (χ4v) is 2.16. The van der Waals surface area contributed by atoms with Gasteiger partial charge in [-0.25, -0.2) is 0 Å². The number of hydrogen-bond acceptors (Lipinski definition) is 4. The maximum absolute atomic E-state index is 5.94. The van der Waals surface area contributed by atoms with Crippen LogP contribution < -0.4 is 15.2 Å². The minimum Gasteiger partial charge on any atom is -0.497 e. The first-order valence-electron chi connectivity index (χ1n) is 6.79. The largest absolute Gasteiger partial charge is 0.497 e. The second-order valence-corrected chi connectivity index (χ2v) is 4.73. The molecule has 1 unspecified atom stereocenters. The average molecular weight is 266 g/mol. The van der Waals surface area contributed by atoms with E-state index in [4.69, 9.17) is 15.2 Å². The van der Waals surface area contributed by atoms with Crippen LogP contribution in [0.1, 0.15) is 31.4 Å². The molecule has 0 spiro atoms. The summed E-state index contributed by atoms with van der Waals surface area (Å²) < 4.78 is 10.6. The number of benzene rings is 1. The van der Waals surface area contributed by atoms with E-state index in [0.29, 0.717) is 6.54 Å². The number of likely N-dealkylation sites (N-methyl/N-ethyl adjacent to an activating group) is 1. The highest BCUT2D eigenvalue weighted by molar-refractivity contribution is 5.40. The molecule has 4 heteroatoms. The summed E-state index contributed by atoms with van der Waals surface area (Å²) in [6.07, 6.45) is 2.36. The number of nitrogens with zero attached hydrogens (tertiary/aromatic N) is 1. The van der Waals surface area contributed by atoms with Crippen LogP contribution in [-0.4, -0.2) is 39.3 Å². The Hall–Kier alpha value is -1.26. The van der Waals surface area contributed by atoms with Gasteiger partial charge in [0.1, 0.15) is 11.5 Å². The Balaban J connectivity index is 2.96. The van der Waals surface area contributed by atoms with Crippen molar-refractivity contribution in [2.24, 2.45) is 5.73 Å². The molecule has 0 saturated carbocycles. The minimum atomic E-state index is 0.190. The van der Waals surface area contributed by atoms with Gasteiger partial charge in [0.15, 0.2) is 0 Å². The topological polar surface area (TPSA) is 47.7 Å². The van der Waals surface area contributed by atoms with Gasteiger partial charge in [-0.1, -0.05) is 13.3 Å². The summed E-state index contributed by atoms with van der Waals surface area (Å²) in [6, 6.07) is 6.13.